The Labute approximate surface area is 168 Å². The lowest BCUT2D eigenvalue weighted by Crippen LogP contribution is -2.24. The predicted molar refractivity (Wildman–Crippen MR) is 108 cm³/mol. The third-order valence-corrected chi connectivity index (χ3v) is 4.14. The van der Waals surface area contributed by atoms with Crippen LogP contribution in [0.1, 0.15) is 32.0 Å². The molecule has 0 unspecified atom stereocenters. The fourth-order valence-corrected chi connectivity index (χ4v) is 2.68. The quantitative estimate of drug-likeness (QED) is 0.677. The van der Waals surface area contributed by atoms with Gasteiger partial charge in [0.25, 0.3) is 11.8 Å². The number of anilines is 1. The number of rotatable bonds is 6. The molecule has 144 valence electrons. The number of aromatic nitrogens is 1. The van der Waals surface area contributed by atoms with Gasteiger partial charge in [0.05, 0.1) is 18.7 Å². The van der Waals surface area contributed by atoms with E-state index in [-0.39, 0.29) is 17.8 Å². The fraction of sp³-hybridized carbons (Fsp3) is 0.0909. The van der Waals surface area contributed by atoms with E-state index in [0.717, 1.165) is 5.56 Å². The Morgan fingerprint density at radius 1 is 1.07 bits per heavy atom. The summed E-state index contributed by atoms with van der Waals surface area (Å²) >= 11 is 0. The number of ether oxygens (including phenoxy) is 1. The van der Waals surface area contributed by atoms with Crippen molar-refractivity contribution in [1.29, 1.82) is 5.26 Å². The van der Waals surface area contributed by atoms with Crippen molar-refractivity contribution in [2.24, 2.45) is 0 Å². The van der Waals surface area contributed by atoms with Crippen molar-refractivity contribution in [3.05, 3.63) is 89.2 Å². The highest BCUT2D eigenvalue weighted by molar-refractivity contribution is 6.05. The summed E-state index contributed by atoms with van der Waals surface area (Å²) < 4.78 is 5.27. The van der Waals surface area contributed by atoms with Gasteiger partial charge >= 0.3 is 0 Å². The van der Waals surface area contributed by atoms with Gasteiger partial charge in [0, 0.05) is 29.6 Å². The van der Waals surface area contributed by atoms with Crippen LogP contribution >= 0.6 is 0 Å². The number of para-hydroxylation sites is 1. The van der Waals surface area contributed by atoms with Gasteiger partial charge in [-0.3, -0.25) is 14.6 Å². The highest BCUT2D eigenvalue weighted by Crippen LogP contribution is 2.17. The number of hydrogen-bond acceptors (Lipinski definition) is 5. The SMILES string of the molecule is COc1ccccc1CNC(=O)c1cc(C(=O)Nc2cccc(C#N)c2)ccn1. The first-order valence-electron chi connectivity index (χ1n) is 8.78. The summed E-state index contributed by atoms with van der Waals surface area (Å²) in [6, 6.07) is 18.9. The molecule has 7 nitrogen and oxygen atoms in total. The highest BCUT2D eigenvalue weighted by Gasteiger charge is 2.13. The van der Waals surface area contributed by atoms with Crippen LogP contribution in [0.25, 0.3) is 0 Å². The van der Waals surface area contributed by atoms with E-state index in [9.17, 15) is 9.59 Å². The van der Waals surface area contributed by atoms with E-state index < -0.39 is 11.8 Å². The Kier molecular flexibility index (Phi) is 6.18. The summed E-state index contributed by atoms with van der Waals surface area (Å²) in [6.07, 6.45) is 1.40. The van der Waals surface area contributed by atoms with Crippen molar-refractivity contribution in [2.45, 2.75) is 6.54 Å². The second-order valence-corrected chi connectivity index (χ2v) is 6.07. The number of nitrogens with one attached hydrogen (secondary N) is 2. The molecule has 0 fully saturated rings. The van der Waals surface area contributed by atoms with Gasteiger partial charge in [-0.2, -0.15) is 5.26 Å². The Morgan fingerprint density at radius 2 is 1.90 bits per heavy atom. The minimum Gasteiger partial charge on any atom is -0.496 e. The van der Waals surface area contributed by atoms with Gasteiger partial charge in [0.2, 0.25) is 0 Å². The molecule has 0 atom stereocenters. The average Bonchev–Trinajstić information content (AvgIpc) is 2.77. The molecule has 0 saturated heterocycles. The maximum absolute atomic E-state index is 12.5. The van der Waals surface area contributed by atoms with Crippen LogP contribution in [0.5, 0.6) is 5.75 Å². The van der Waals surface area contributed by atoms with Crippen molar-refractivity contribution in [3.63, 3.8) is 0 Å². The second kappa shape index (κ2) is 9.15. The van der Waals surface area contributed by atoms with E-state index >= 15 is 0 Å². The lowest BCUT2D eigenvalue weighted by Gasteiger charge is -2.10. The van der Waals surface area contributed by atoms with Crippen molar-refractivity contribution >= 4 is 17.5 Å². The molecule has 3 aromatic rings. The van der Waals surface area contributed by atoms with E-state index in [0.29, 0.717) is 17.0 Å². The Morgan fingerprint density at radius 3 is 2.69 bits per heavy atom. The van der Waals surface area contributed by atoms with Crippen LogP contribution in [0.4, 0.5) is 5.69 Å². The number of hydrogen-bond donors (Lipinski definition) is 2. The first kappa shape index (κ1) is 19.6. The lowest BCUT2D eigenvalue weighted by molar-refractivity contribution is 0.0945. The predicted octanol–water partition coefficient (Wildman–Crippen LogP) is 3.14. The normalized spacial score (nSPS) is 9.93. The zero-order valence-electron chi connectivity index (χ0n) is 15.7. The molecule has 1 aromatic heterocycles. The zero-order valence-corrected chi connectivity index (χ0v) is 15.7. The lowest BCUT2D eigenvalue weighted by atomic mass is 10.1. The van der Waals surface area contributed by atoms with Crippen LogP contribution in [-0.2, 0) is 6.54 Å². The molecular formula is C22H18N4O3. The third-order valence-electron chi connectivity index (χ3n) is 4.14. The molecule has 2 N–H and O–H groups in total. The van der Waals surface area contributed by atoms with Crippen LogP contribution in [0.3, 0.4) is 0 Å². The van der Waals surface area contributed by atoms with Crippen molar-refractivity contribution in [1.82, 2.24) is 10.3 Å². The maximum Gasteiger partial charge on any atom is 0.270 e. The summed E-state index contributed by atoms with van der Waals surface area (Å²) in [5.41, 5.74) is 2.17. The summed E-state index contributed by atoms with van der Waals surface area (Å²) in [7, 11) is 1.57. The molecule has 0 saturated carbocycles. The molecule has 0 aliphatic rings. The molecule has 2 aromatic carbocycles. The number of nitrogens with zero attached hydrogens (tertiary/aromatic N) is 2. The minimum atomic E-state index is -0.406. The second-order valence-electron chi connectivity index (χ2n) is 6.07. The van der Waals surface area contributed by atoms with Crippen LogP contribution in [0, 0.1) is 11.3 Å². The van der Waals surface area contributed by atoms with E-state index in [2.05, 4.69) is 15.6 Å². The van der Waals surface area contributed by atoms with Crippen molar-refractivity contribution in [2.75, 3.05) is 12.4 Å². The summed E-state index contributed by atoms with van der Waals surface area (Å²) in [4.78, 5) is 29.0. The molecule has 0 radical (unpaired) electrons. The molecule has 1 heterocycles. The Hall–Kier alpha value is -4.18. The Bertz CT molecular complexity index is 1090. The standard InChI is InChI=1S/C22H18N4O3/c1-29-20-8-3-2-6-17(20)14-25-22(28)19-12-16(9-10-24-19)21(27)26-18-7-4-5-15(11-18)13-23/h2-12H,14H2,1H3,(H,25,28)(H,26,27). The number of pyridine rings is 1. The largest absolute Gasteiger partial charge is 0.496 e. The number of nitriles is 1. The number of benzene rings is 2. The van der Waals surface area contributed by atoms with E-state index in [4.69, 9.17) is 10.00 Å². The van der Waals surface area contributed by atoms with E-state index in [1.54, 1.807) is 31.4 Å². The third kappa shape index (κ3) is 4.96. The molecule has 2 amide bonds. The van der Waals surface area contributed by atoms with Gasteiger partial charge in [-0.15, -0.1) is 0 Å². The number of carbonyl (C=O) groups is 2. The number of carbonyl (C=O) groups excluding carboxylic acids is 2. The van der Waals surface area contributed by atoms with Gasteiger partial charge in [0.15, 0.2) is 0 Å². The highest BCUT2D eigenvalue weighted by atomic mass is 16.5. The summed E-state index contributed by atoms with van der Waals surface area (Å²) in [5.74, 6) is -0.133. The molecule has 7 heteroatoms. The van der Waals surface area contributed by atoms with Gasteiger partial charge < -0.3 is 15.4 Å². The molecule has 3 rings (SSSR count). The first-order valence-corrected chi connectivity index (χ1v) is 8.78. The molecule has 0 bridgehead atoms. The van der Waals surface area contributed by atoms with Gasteiger partial charge in [-0.1, -0.05) is 24.3 Å². The fourth-order valence-electron chi connectivity index (χ4n) is 2.68. The maximum atomic E-state index is 12.5. The molecule has 29 heavy (non-hydrogen) atoms. The smallest absolute Gasteiger partial charge is 0.270 e. The molecule has 0 aliphatic carbocycles. The number of amides is 2. The number of methoxy groups -OCH3 is 1. The Balaban J connectivity index is 1.69. The minimum absolute atomic E-state index is 0.123. The zero-order chi connectivity index (χ0) is 20.6. The topological polar surface area (TPSA) is 104 Å². The van der Waals surface area contributed by atoms with Crippen LogP contribution in [0.15, 0.2) is 66.9 Å². The van der Waals surface area contributed by atoms with Crippen molar-refractivity contribution in [3.8, 4) is 11.8 Å². The van der Waals surface area contributed by atoms with E-state index in [1.165, 1.54) is 18.3 Å². The molecule has 0 aliphatic heterocycles. The molecule has 0 spiro atoms. The summed E-state index contributed by atoms with van der Waals surface area (Å²) in [5, 5.41) is 14.4. The van der Waals surface area contributed by atoms with E-state index in [1.807, 2.05) is 30.3 Å². The van der Waals surface area contributed by atoms with Crippen LogP contribution < -0.4 is 15.4 Å². The average molecular weight is 386 g/mol. The first-order chi connectivity index (χ1) is 14.1. The van der Waals surface area contributed by atoms with Crippen LogP contribution in [0.2, 0.25) is 0 Å². The monoisotopic (exact) mass is 386 g/mol. The summed E-state index contributed by atoms with van der Waals surface area (Å²) in [6.45, 7) is 0.266. The van der Waals surface area contributed by atoms with Crippen LogP contribution in [-0.4, -0.2) is 23.9 Å². The molecular weight excluding hydrogens is 368 g/mol. The van der Waals surface area contributed by atoms with Gasteiger partial charge in [-0.05, 0) is 36.4 Å². The van der Waals surface area contributed by atoms with Gasteiger partial charge in [0.1, 0.15) is 11.4 Å². The van der Waals surface area contributed by atoms with Gasteiger partial charge in [-0.25, -0.2) is 0 Å². The van der Waals surface area contributed by atoms with Crippen molar-refractivity contribution < 1.29 is 14.3 Å².